The molecule has 3 N–H and O–H groups in total. The van der Waals surface area contributed by atoms with Crippen LogP contribution in [0.5, 0.6) is 5.75 Å². The molecule has 2 saturated heterocycles. The van der Waals surface area contributed by atoms with E-state index in [1.54, 1.807) is 25.5 Å². The van der Waals surface area contributed by atoms with E-state index in [0.717, 1.165) is 33.4 Å². The van der Waals surface area contributed by atoms with E-state index in [1.165, 1.54) is 21.1 Å². The second kappa shape index (κ2) is 17.1. The fourth-order valence-electron chi connectivity index (χ4n) is 14.7. The molecular weight excluding hydrogens is 877 g/mol. The Hall–Kier alpha value is -6.03. The standard InChI is InChI=1S/C54H64N6O9/c1-8-50(57-43(62)19-18-35-15-12-13-23-55-35)29-34-30-53(48(63)67-6,44-37(20-25-59(31-34)32-50)36-16-10-11-17-40(36)56-44)39-27-38-41(28-42(39)66-5)58(4)46-52(38)22-26-60-24-14-21-51(9-2,45(52)60)47(69-33(3)61)54(46,65)49(64)68-7/h10-19,21,23,27-28,34,45-47,56,65H,8-9,20,22,24-26,29-32H2,1-7H3,(H,57,62)/b19-18+/t34-,45+,46-,47-,50+,51-,52-,53+,54+/m1/s1. The van der Waals surface area contributed by atoms with Crippen LogP contribution in [0.1, 0.15) is 81.0 Å². The van der Waals surface area contributed by atoms with Crippen molar-refractivity contribution in [2.45, 2.75) is 99.5 Å². The Kier molecular flexibility index (Phi) is 11.6. The van der Waals surface area contributed by atoms with Crippen LogP contribution in [-0.4, -0.2) is 139 Å². The Bertz CT molecular complexity index is 2780. The number of nitrogens with one attached hydrogen (secondary N) is 2. The highest BCUT2D eigenvalue weighted by atomic mass is 16.6. The van der Waals surface area contributed by atoms with Gasteiger partial charge in [-0.15, -0.1) is 0 Å². The van der Waals surface area contributed by atoms with Crippen LogP contribution >= 0.6 is 0 Å². The van der Waals surface area contributed by atoms with Crippen molar-refractivity contribution in [1.82, 2.24) is 25.1 Å². The first-order valence-electron chi connectivity index (χ1n) is 24.4. The van der Waals surface area contributed by atoms with Gasteiger partial charge in [-0.1, -0.05) is 50.3 Å². The summed E-state index contributed by atoms with van der Waals surface area (Å²) in [6.07, 6.45) is 10.9. The third kappa shape index (κ3) is 6.73. The van der Waals surface area contributed by atoms with E-state index in [0.29, 0.717) is 88.3 Å². The lowest BCUT2D eigenvalue weighted by Gasteiger charge is -2.63. The number of aromatic amines is 1. The maximum absolute atomic E-state index is 15.7. The number of H-pyrrole nitrogens is 1. The van der Waals surface area contributed by atoms with E-state index in [9.17, 15) is 19.5 Å². The smallest absolute Gasteiger partial charge is 0.344 e. The highest BCUT2D eigenvalue weighted by Gasteiger charge is 2.80. The summed E-state index contributed by atoms with van der Waals surface area (Å²) < 4.78 is 24.2. The average Bonchev–Trinajstić information content (AvgIpc) is 4.02. The van der Waals surface area contributed by atoms with Crippen LogP contribution < -0.4 is 15.0 Å². The monoisotopic (exact) mass is 940 g/mol. The van der Waals surface area contributed by atoms with Gasteiger partial charge in [0.1, 0.15) is 11.2 Å². The largest absolute Gasteiger partial charge is 0.496 e. The van der Waals surface area contributed by atoms with Crippen LogP contribution in [-0.2, 0) is 50.6 Å². The van der Waals surface area contributed by atoms with Crippen molar-refractivity contribution >= 4 is 46.5 Å². The summed E-state index contributed by atoms with van der Waals surface area (Å²) in [4.78, 5) is 72.2. The molecule has 0 radical (unpaired) electrons. The van der Waals surface area contributed by atoms with Crippen LogP contribution in [0.3, 0.4) is 0 Å². The lowest BCUT2D eigenvalue weighted by molar-refractivity contribution is -0.228. The lowest BCUT2D eigenvalue weighted by Crippen LogP contribution is -2.81. The minimum absolute atomic E-state index is 0.136. The van der Waals surface area contributed by atoms with Crippen molar-refractivity contribution in [1.29, 1.82) is 0 Å². The maximum atomic E-state index is 15.7. The van der Waals surface area contributed by atoms with Gasteiger partial charge in [-0.05, 0) is 92.5 Å². The minimum atomic E-state index is -2.33. The number of carbonyl (C=O) groups excluding carboxylic acids is 4. The first kappa shape index (κ1) is 46.7. The highest BCUT2D eigenvalue weighted by Crippen LogP contribution is 2.68. The first-order valence-corrected chi connectivity index (χ1v) is 24.4. The fourth-order valence-corrected chi connectivity index (χ4v) is 14.7. The zero-order valence-electron chi connectivity index (χ0n) is 40.7. The van der Waals surface area contributed by atoms with Crippen molar-refractivity contribution in [3.05, 3.63) is 107 Å². The summed E-state index contributed by atoms with van der Waals surface area (Å²) in [6.45, 7) is 8.68. The number of hydrogen-bond donors (Lipinski definition) is 3. The number of esters is 3. The molecule has 15 heteroatoms. The number of rotatable bonds is 10. The zero-order chi connectivity index (χ0) is 48.7. The predicted octanol–water partition coefficient (Wildman–Crippen LogP) is 5.22. The molecular formula is C54H64N6O9. The molecule has 15 nitrogen and oxygen atoms in total. The van der Waals surface area contributed by atoms with E-state index in [-0.39, 0.29) is 17.9 Å². The Morgan fingerprint density at radius 3 is 2.45 bits per heavy atom. The van der Waals surface area contributed by atoms with Crippen molar-refractivity contribution < 1.29 is 43.2 Å². The van der Waals surface area contributed by atoms with E-state index in [2.05, 4.69) is 50.2 Å². The van der Waals surface area contributed by atoms with E-state index in [4.69, 9.17) is 18.9 Å². The maximum Gasteiger partial charge on any atom is 0.344 e. The molecule has 1 aliphatic carbocycles. The molecule has 7 heterocycles. The molecule has 1 amide bonds. The number of carbonyl (C=O) groups is 4. The topological polar surface area (TPSA) is 176 Å². The summed E-state index contributed by atoms with van der Waals surface area (Å²) in [5.74, 6) is -1.88. The molecule has 6 aliphatic rings. The van der Waals surface area contributed by atoms with Crippen LogP contribution in [0.2, 0.25) is 0 Å². The third-order valence-corrected chi connectivity index (χ3v) is 17.1. The van der Waals surface area contributed by atoms with Crippen LogP contribution in [0.25, 0.3) is 17.0 Å². The summed E-state index contributed by atoms with van der Waals surface area (Å²) in [5.41, 5.74) is -0.922. The number of fused-ring (bicyclic) bond motifs is 6. The summed E-state index contributed by atoms with van der Waals surface area (Å²) >= 11 is 0. The second-order valence-corrected chi connectivity index (χ2v) is 20.3. The number of pyridine rings is 1. The lowest BCUT2D eigenvalue weighted by atomic mass is 9.47. The number of anilines is 1. The van der Waals surface area contributed by atoms with Gasteiger partial charge in [0, 0.05) is 103 Å². The number of para-hydroxylation sites is 1. The van der Waals surface area contributed by atoms with Gasteiger partial charge < -0.3 is 44.2 Å². The Labute approximate surface area is 403 Å². The van der Waals surface area contributed by atoms with Gasteiger partial charge >= 0.3 is 17.9 Å². The normalized spacial score (nSPS) is 33.3. The second-order valence-electron chi connectivity index (χ2n) is 20.3. The molecule has 4 aromatic rings. The fraction of sp³-hybridized carbons (Fsp3) is 0.500. The number of aliphatic hydroxyl groups is 1. The average molecular weight is 941 g/mol. The van der Waals surface area contributed by atoms with E-state index in [1.807, 2.05) is 67.4 Å². The van der Waals surface area contributed by atoms with Gasteiger partial charge in [0.25, 0.3) is 0 Å². The SMILES string of the molecule is CC[C@]1(NC(=O)/C=C/c2ccccn2)C[C@H]2CN(CCc3c([nH]c4ccccc34)[C@@](C(=O)OC)(c3cc4c(cc3OC)N(C)[C@H]3[C@@](O)(C(=O)OC)[C@H](OC(C)=O)[C@]5(CC)C=CCN6CC[C@]43[C@@H]65)C2)C1. The van der Waals surface area contributed by atoms with Gasteiger partial charge in [0.2, 0.25) is 11.5 Å². The summed E-state index contributed by atoms with van der Waals surface area (Å²) in [7, 11) is 6.15. The number of aromatic nitrogens is 2. The molecule has 5 aliphatic heterocycles. The highest BCUT2D eigenvalue weighted by molar-refractivity contribution is 5.95. The third-order valence-electron chi connectivity index (χ3n) is 17.1. The van der Waals surface area contributed by atoms with Crippen molar-refractivity contribution in [3.63, 3.8) is 0 Å². The Balaban J connectivity index is 1.20. The molecule has 1 unspecified atom stereocenters. The summed E-state index contributed by atoms with van der Waals surface area (Å²) in [5, 5.41) is 17.9. The van der Waals surface area contributed by atoms with Crippen molar-refractivity contribution in [2.75, 3.05) is 66.0 Å². The van der Waals surface area contributed by atoms with Crippen LogP contribution in [0, 0.1) is 11.3 Å². The number of benzene rings is 2. The molecule has 1 saturated carbocycles. The number of likely N-dealkylation sites (N-methyl/N-ethyl adjacent to an activating group) is 1. The first-order chi connectivity index (χ1) is 33.2. The number of amides is 1. The van der Waals surface area contributed by atoms with E-state index >= 15 is 4.79 Å². The molecule has 10 atom stereocenters. The number of hydrogen-bond acceptors (Lipinski definition) is 13. The van der Waals surface area contributed by atoms with Crippen LogP contribution in [0.15, 0.2) is 79.0 Å². The van der Waals surface area contributed by atoms with Crippen molar-refractivity contribution in [3.8, 4) is 5.75 Å². The molecule has 1 spiro atoms. The van der Waals surface area contributed by atoms with Gasteiger partial charge in [-0.3, -0.25) is 24.3 Å². The molecule has 364 valence electrons. The summed E-state index contributed by atoms with van der Waals surface area (Å²) in [6, 6.07) is 16.5. The predicted molar refractivity (Wildman–Crippen MR) is 260 cm³/mol. The zero-order valence-corrected chi connectivity index (χ0v) is 40.7. The molecule has 3 fully saturated rings. The van der Waals surface area contributed by atoms with E-state index < -0.39 is 57.4 Å². The quantitative estimate of drug-likeness (QED) is 0.0818. The Morgan fingerprint density at radius 2 is 1.74 bits per heavy atom. The number of methoxy groups -OCH3 is 3. The molecule has 69 heavy (non-hydrogen) atoms. The van der Waals surface area contributed by atoms with Gasteiger partial charge in [0.15, 0.2) is 6.10 Å². The number of piperidine rings is 1. The minimum Gasteiger partial charge on any atom is -0.496 e. The number of nitrogens with zero attached hydrogens (tertiary/aromatic N) is 4. The van der Waals surface area contributed by atoms with Gasteiger partial charge in [-0.25, -0.2) is 4.79 Å². The number of ether oxygens (including phenoxy) is 4. The molecule has 10 rings (SSSR count). The van der Waals surface area contributed by atoms with Crippen LogP contribution in [0.4, 0.5) is 5.69 Å². The molecule has 2 bridgehead atoms. The Morgan fingerprint density at radius 1 is 0.957 bits per heavy atom. The molecule has 2 aromatic carbocycles. The van der Waals surface area contributed by atoms with Gasteiger partial charge in [-0.2, -0.15) is 0 Å². The van der Waals surface area contributed by atoms with Crippen molar-refractivity contribution in [2.24, 2.45) is 11.3 Å². The molecule has 2 aromatic heterocycles. The van der Waals surface area contributed by atoms with Gasteiger partial charge in [0.05, 0.1) is 38.6 Å².